The van der Waals surface area contributed by atoms with Gasteiger partial charge in [-0.05, 0) is 42.0 Å². The third-order valence-corrected chi connectivity index (χ3v) is 5.02. The predicted octanol–water partition coefficient (Wildman–Crippen LogP) is 3.62. The fraction of sp³-hybridized carbons (Fsp3) is 0.250. The van der Waals surface area contributed by atoms with Crippen LogP contribution in [0.2, 0.25) is 0 Å². The number of hydrogen-bond donors (Lipinski definition) is 0. The molecule has 10 heteroatoms. The molecule has 0 bridgehead atoms. The van der Waals surface area contributed by atoms with Gasteiger partial charge in [0, 0.05) is 24.0 Å². The molecule has 1 aromatic carbocycles. The molecule has 0 spiro atoms. The highest BCUT2D eigenvalue weighted by Gasteiger charge is 2.36. The van der Waals surface area contributed by atoms with Gasteiger partial charge in [-0.25, -0.2) is 0 Å². The number of benzene rings is 1. The highest BCUT2D eigenvalue weighted by atomic mass is 32.2. The van der Waals surface area contributed by atoms with Gasteiger partial charge < -0.3 is 9.30 Å². The lowest BCUT2D eigenvalue weighted by Gasteiger charge is -2.12. The van der Waals surface area contributed by atoms with E-state index in [-0.39, 0.29) is 23.1 Å². The summed E-state index contributed by atoms with van der Waals surface area (Å²) in [6, 6.07) is 9.49. The molecule has 0 unspecified atom stereocenters. The van der Waals surface area contributed by atoms with Crippen LogP contribution in [0.5, 0.6) is 0 Å². The summed E-state index contributed by atoms with van der Waals surface area (Å²) in [7, 11) is 0. The molecule has 2 heterocycles. The first-order valence-corrected chi connectivity index (χ1v) is 9.91. The number of aromatic nitrogens is 1. The van der Waals surface area contributed by atoms with Crippen molar-refractivity contribution in [3.05, 3.63) is 63.3 Å². The van der Waals surface area contributed by atoms with Crippen molar-refractivity contribution in [1.29, 1.82) is 0 Å². The molecule has 9 nitrogen and oxygen atoms in total. The Morgan fingerprint density at radius 2 is 2.03 bits per heavy atom. The van der Waals surface area contributed by atoms with E-state index in [1.54, 1.807) is 35.0 Å². The standard InChI is InChI=1S/C20H19N3O6S/c1-13(2)12-29-18(24)11-22-19(25)17(30-20(22)26)10-15-7-4-8-21(15)14-5-3-6-16(9-14)23(27)28/h3-10,13H,11-12H2,1-2H3/b17-10-. The Kier molecular flexibility index (Phi) is 6.36. The van der Waals surface area contributed by atoms with Crippen LogP contribution < -0.4 is 0 Å². The van der Waals surface area contributed by atoms with E-state index in [0.717, 1.165) is 16.7 Å². The number of carbonyl (C=O) groups excluding carboxylic acids is 3. The number of thioether (sulfide) groups is 1. The third kappa shape index (κ3) is 4.77. The molecular formula is C20H19N3O6S. The van der Waals surface area contributed by atoms with Crippen molar-refractivity contribution in [3.63, 3.8) is 0 Å². The van der Waals surface area contributed by atoms with Gasteiger partial charge in [-0.3, -0.25) is 29.4 Å². The van der Waals surface area contributed by atoms with Gasteiger partial charge in [0.1, 0.15) is 6.54 Å². The van der Waals surface area contributed by atoms with E-state index in [1.165, 1.54) is 18.2 Å². The Bertz CT molecular complexity index is 1040. The number of imide groups is 1. The molecule has 0 radical (unpaired) electrons. The van der Waals surface area contributed by atoms with Crippen LogP contribution in [0.15, 0.2) is 47.5 Å². The van der Waals surface area contributed by atoms with Crippen LogP contribution in [-0.2, 0) is 14.3 Å². The summed E-state index contributed by atoms with van der Waals surface area (Å²) in [6.45, 7) is 3.53. The van der Waals surface area contributed by atoms with Crippen LogP contribution in [0, 0.1) is 16.0 Å². The number of carbonyl (C=O) groups is 3. The van der Waals surface area contributed by atoms with Gasteiger partial charge in [0.15, 0.2) is 0 Å². The number of esters is 1. The van der Waals surface area contributed by atoms with Gasteiger partial charge in [0.05, 0.1) is 22.1 Å². The summed E-state index contributed by atoms with van der Waals surface area (Å²) in [6.07, 6.45) is 3.21. The molecule has 3 rings (SSSR count). The Balaban J connectivity index is 1.80. The summed E-state index contributed by atoms with van der Waals surface area (Å²) in [5.74, 6) is -1.09. The summed E-state index contributed by atoms with van der Waals surface area (Å²) in [5.41, 5.74) is 1.03. The van der Waals surface area contributed by atoms with E-state index >= 15 is 0 Å². The number of nitro groups is 1. The van der Waals surface area contributed by atoms with Crippen LogP contribution in [0.4, 0.5) is 10.5 Å². The fourth-order valence-corrected chi connectivity index (χ4v) is 3.53. The molecule has 2 aromatic rings. The largest absolute Gasteiger partial charge is 0.464 e. The first-order chi connectivity index (χ1) is 14.3. The normalized spacial score (nSPS) is 15.3. The van der Waals surface area contributed by atoms with Crippen molar-refractivity contribution in [2.45, 2.75) is 13.8 Å². The van der Waals surface area contributed by atoms with Crippen molar-refractivity contribution in [3.8, 4) is 5.69 Å². The Morgan fingerprint density at radius 3 is 2.73 bits per heavy atom. The molecule has 1 fully saturated rings. The number of ether oxygens (including phenoxy) is 1. The minimum absolute atomic E-state index is 0.0626. The summed E-state index contributed by atoms with van der Waals surface area (Å²) < 4.78 is 6.70. The Hall–Kier alpha value is -3.40. The number of rotatable bonds is 7. The number of hydrogen-bond acceptors (Lipinski definition) is 7. The van der Waals surface area contributed by atoms with E-state index in [9.17, 15) is 24.5 Å². The summed E-state index contributed by atoms with van der Waals surface area (Å²) in [4.78, 5) is 48.3. The molecule has 1 aromatic heterocycles. The van der Waals surface area contributed by atoms with Gasteiger partial charge in [-0.15, -0.1) is 0 Å². The smallest absolute Gasteiger partial charge is 0.326 e. The van der Waals surface area contributed by atoms with Crippen LogP contribution in [-0.4, -0.2) is 44.7 Å². The van der Waals surface area contributed by atoms with Crippen LogP contribution in [0.3, 0.4) is 0 Å². The van der Waals surface area contributed by atoms with Crippen molar-refractivity contribution < 1.29 is 24.0 Å². The number of nitro benzene ring substituents is 1. The second-order valence-corrected chi connectivity index (χ2v) is 7.92. The zero-order valence-electron chi connectivity index (χ0n) is 16.3. The van der Waals surface area contributed by atoms with Gasteiger partial charge in [-0.2, -0.15) is 0 Å². The molecule has 1 saturated heterocycles. The Labute approximate surface area is 176 Å². The SMILES string of the molecule is CC(C)COC(=O)CN1C(=O)S/C(=C\c2cccn2-c2cccc([N+](=O)[O-])c2)C1=O. The fourth-order valence-electron chi connectivity index (χ4n) is 2.71. The minimum atomic E-state index is -0.646. The van der Waals surface area contributed by atoms with Crippen molar-refractivity contribution >= 4 is 40.6 Å². The number of amides is 2. The number of non-ortho nitro benzene ring substituents is 1. The first kappa shape index (κ1) is 21.3. The van der Waals surface area contributed by atoms with Crippen molar-refractivity contribution in [2.75, 3.05) is 13.2 Å². The van der Waals surface area contributed by atoms with E-state index < -0.39 is 28.6 Å². The molecule has 0 N–H and O–H groups in total. The quantitative estimate of drug-likeness (QED) is 0.286. The Morgan fingerprint density at radius 1 is 1.27 bits per heavy atom. The minimum Gasteiger partial charge on any atom is -0.464 e. The third-order valence-electron chi connectivity index (χ3n) is 4.12. The van der Waals surface area contributed by atoms with Gasteiger partial charge >= 0.3 is 5.97 Å². The van der Waals surface area contributed by atoms with Gasteiger partial charge in [0.2, 0.25) is 0 Å². The maximum atomic E-state index is 12.6. The van der Waals surface area contributed by atoms with Crippen LogP contribution in [0.1, 0.15) is 19.5 Å². The molecule has 0 saturated carbocycles. The molecule has 30 heavy (non-hydrogen) atoms. The zero-order valence-corrected chi connectivity index (χ0v) is 17.1. The lowest BCUT2D eigenvalue weighted by Crippen LogP contribution is -2.34. The van der Waals surface area contributed by atoms with E-state index in [2.05, 4.69) is 0 Å². The maximum Gasteiger partial charge on any atom is 0.326 e. The molecular weight excluding hydrogens is 410 g/mol. The summed E-state index contributed by atoms with van der Waals surface area (Å²) >= 11 is 0.728. The zero-order chi connectivity index (χ0) is 21.8. The van der Waals surface area contributed by atoms with E-state index in [0.29, 0.717) is 11.4 Å². The molecule has 1 aliphatic heterocycles. The highest BCUT2D eigenvalue weighted by molar-refractivity contribution is 8.18. The van der Waals surface area contributed by atoms with Crippen LogP contribution >= 0.6 is 11.8 Å². The van der Waals surface area contributed by atoms with E-state index in [1.807, 2.05) is 13.8 Å². The lowest BCUT2D eigenvalue weighted by atomic mass is 10.2. The highest BCUT2D eigenvalue weighted by Crippen LogP contribution is 2.32. The molecule has 2 amide bonds. The number of nitrogens with zero attached hydrogens (tertiary/aromatic N) is 3. The molecule has 0 atom stereocenters. The van der Waals surface area contributed by atoms with Crippen LogP contribution in [0.25, 0.3) is 11.8 Å². The lowest BCUT2D eigenvalue weighted by molar-refractivity contribution is -0.384. The van der Waals surface area contributed by atoms with Crippen molar-refractivity contribution in [1.82, 2.24) is 9.47 Å². The van der Waals surface area contributed by atoms with Gasteiger partial charge in [0.25, 0.3) is 16.8 Å². The monoisotopic (exact) mass is 429 g/mol. The van der Waals surface area contributed by atoms with Crippen molar-refractivity contribution in [2.24, 2.45) is 5.92 Å². The van der Waals surface area contributed by atoms with E-state index in [4.69, 9.17) is 4.74 Å². The second-order valence-electron chi connectivity index (χ2n) is 6.92. The predicted molar refractivity (Wildman–Crippen MR) is 111 cm³/mol. The first-order valence-electron chi connectivity index (χ1n) is 9.09. The average molecular weight is 429 g/mol. The maximum absolute atomic E-state index is 12.6. The molecule has 0 aliphatic carbocycles. The summed E-state index contributed by atoms with van der Waals surface area (Å²) in [5, 5.41) is 10.5. The topological polar surface area (TPSA) is 112 Å². The second kappa shape index (κ2) is 8.95. The average Bonchev–Trinajstić information content (AvgIpc) is 3.26. The molecule has 156 valence electrons. The molecule has 1 aliphatic rings. The van der Waals surface area contributed by atoms with Gasteiger partial charge in [-0.1, -0.05) is 19.9 Å².